The van der Waals surface area contributed by atoms with Gasteiger partial charge in [-0.25, -0.2) is 0 Å². The first-order valence-corrected chi connectivity index (χ1v) is 9.80. The summed E-state index contributed by atoms with van der Waals surface area (Å²) in [6.07, 6.45) is 0. The molecular formula is C30H30. The summed E-state index contributed by atoms with van der Waals surface area (Å²) in [5.41, 5.74) is 7.76. The molecule has 0 N–H and O–H groups in total. The normalized spacial score (nSPS) is 10.5. The number of rotatable bonds is 2. The average Bonchev–Trinajstić information content (AvgIpc) is 2.74. The first-order chi connectivity index (χ1) is 13.7. The van der Waals surface area contributed by atoms with Crippen LogP contribution in [0, 0.1) is 13.8 Å². The van der Waals surface area contributed by atoms with Crippen LogP contribution in [-0.4, -0.2) is 0 Å². The maximum Gasteiger partial charge on any atom is -0.00264 e. The van der Waals surface area contributed by atoms with Crippen LogP contribution in [-0.2, 0) is 0 Å². The predicted molar refractivity (Wildman–Crippen MR) is 135 cm³/mol. The summed E-state index contributed by atoms with van der Waals surface area (Å²) in [5, 5.41) is 5.22. The van der Waals surface area contributed by atoms with E-state index in [0.29, 0.717) is 0 Å². The van der Waals surface area contributed by atoms with Crippen LogP contribution in [0.15, 0.2) is 97.1 Å². The fourth-order valence-corrected chi connectivity index (χ4v) is 4.19. The van der Waals surface area contributed by atoms with E-state index in [9.17, 15) is 0 Å². The third-order valence-corrected chi connectivity index (χ3v) is 5.61. The molecule has 30 heavy (non-hydrogen) atoms. The highest BCUT2D eigenvalue weighted by Crippen LogP contribution is 2.43. The Balaban J connectivity index is 0.00000128. The summed E-state index contributed by atoms with van der Waals surface area (Å²) >= 11 is 0. The van der Waals surface area contributed by atoms with E-state index in [0.717, 1.165) is 0 Å². The molecule has 5 rings (SSSR count). The van der Waals surface area contributed by atoms with Crippen molar-refractivity contribution in [3.05, 3.63) is 108 Å². The maximum atomic E-state index is 2.26. The lowest BCUT2D eigenvalue weighted by Gasteiger charge is -2.17. The third-order valence-electron chi connectivity index (χ3n) is 5.61. The highest BCUT2D eigenvalue weighted by atomic mass is 14.2. The Kier molecular flexibility index (Phi) is 6.08. The zero-order chi connectivity index (χ0) is 19.1. The van der Waals surface area contributed by atoms with Crippen molar-refractivity contribution in [2.75, 3.05) is 0 Å². The molecule has 5 aromatic rings. The van der Waals surface area contributed by atoms with Crippen molar-refractivity contribution in [1.29, 1.82) is 0 Å². The van der Waals surface area contributed by atoms with Crippen LogP contribution >= 0.6 is 0 Å². The van der Waals surface area contributed by atoms with E-state index in [1.165, 1.54) is 54.9 Å². The van der Waals surface area contributed by atoms with E-state index in [1.807, 2.05) is 0 Å². The molecule has 0 saturated heterocycles. The minimum absolute atomic E-state index is 0. The molecule has 0 aliphatic rings. The Morgan fingerprint density at radius 2 is 0.633 bits per heavy atom. The molecule has 0 aromatic heterocycles. The largest absolute Gasteiger partial charge is 0.0776 e. The van der Waals surface area contributed by atoms with E-state index in [4.69, 9.17) is 0 Å². The Bertz CT molecular complexity index is 1130. The van der Waals surface area contributed by atoms with Gasteiger partial charge >= 0.3 is 0 Å². The van der Waals surface area contributed by atoms with Crippen molar-refractivity contribution in [3.8, 4) is 22.3 Å². The Hall–Kier alpha value is -3.38. The van der Waals surface area contributed by atoms with Gasteiger partial charge in [0.1, 0.15) is 0 Å². The molecule has 0 amide bonds. The fourth-order valence-electron chi connectivity index (χ4n) is 4.19. The zero-order valence-corrected chi connectivity index (χ0v) is 16.2. The topological polar surface area (TPSA) is 0 Å². The van der Waals surface area contributed by atoms with E-state index < -0.39 is 0 Å². The van der Waals surface area contributed by atoms with Gasteiger partial charge in [-0.3, -0.25) is 0 Å². The summed E-state index contributed by atoms with van der Waals surface area (Å²) in [6, 6.07) is 35.4. The van der Waals surface area contributed by atoms with Gasteiger partial charge in [-0.1, -0.05) is 123 Å². The van der Waals surface area contributed by atoms with Gasteiger partial charge in [0, 0.05) is 0 Å². The van der Waals surface area contributed by atoms with Gasteiger partial charge in [0.05, 0.1) is 0 Å². The average molecular weight is 391 g/mol. The second-order valence-corrected chi connectivity index (χ2v) is 7.57. The molecular weight excluding hydrogens is 360 g/mol. The Morgan fingerprint density at radius 1 is 0.367 bits per heavy atom. The van der Waals surface area contributed by atoms with Crippen LogP contribution in [0.2, 0.25) is 0 Å². The summed E-state index contributed by atoms with van der Waals surface area (Å²) in [4.78, 5) is 0. The van der Waals surface area contributed by atoms with Crippen molar-refractivity contribution >= 4 is 21.5 Å². The van der Waals surface area contributed by atoms with Crippen LogP contribution < -0.4 is 0 Å². The number of hydrogen-bond donors (Lipinski definition) is 0. The third kappa shape index (κ3) is 3.50. The predicted octanol–water partition coefficient (Wildman–Crippen LogP) is 9.22. The van der Waals surface area contributed by atoms with Gasteiger partial charge in [0.15, 0.2) is 0 Å². The van der Waals surface area contributed by atoms with E-state index in [1.54, 1.807) is 0 Å². The molecule has 0 unspecified atom stereocenters. The molecule has 0 aliphatic carbocycles. The van der Waals surface area contributed by atoms with Crippen LogP contribution in [0.1, 0.15) is 26.0 Å². The number of aryl methyl sites for hydroxylation is 2. The van der Waals surface area contributed by atoms with Crippen molar-refractivity contribution in [3.63, 3.8) is 0 Å². The van der Waals surface area contributed by atoms with E-state index >= 15 is 0 Å². The first kappa shape index (κ1) is 21.3. The lowest BCUT2D eigenvalue weighted by atomic mass is 9.86. The second kappa shape index (κ2) is 8.55. The van der Waals surface area contributed by atoms with E-state index in [2.05, 4.69) is 111 Å². The monoisotopic (exact) mass is 390 g/mol. The number of fused-ring (bicyclic) bond motifs is 2. The smallest absolute Gasteiger partial charge is 0.00264 e. The van der Waals surface area contributed by atoms with Gasteiger partial charge in [-0.05, 0) is 57.6 Å². The van der Waals surface area contributed by atoms with Crippen LogP contribution in [0.25, 0.3) is 43.8 Å². The maximum absolute atomic E-state index is 2.26. The number of benzene rings is 5. The summed E-state index contributed by atoms with van der Waals surface area (Å²) < 4.78 is 0. The molecule has 0 saturated carbocycles. The summed E-state index contributed by atoms with van der Waals surface area (Å²) in [5.74, 6) is 0. The minimum Gasteiger partial charge on any atom is -0.0776 e. The fraction of sp³-hybridized carbons (Fsp3) is 0.133. The molecule has 0 fully saturated rings. The van der Waals surface area contributed by atoms with Crippen molar-refractivity contribution in [2.45, 2.75) is 28.7 Å². The Labute approximate surface area is 180 Å². The van der Waals surface area contributed by atoms with Crippen molar-refractivity contribution in [1.82, 2.24) is 0 Å². The molecule has 150 valence electrons. The Morgan fingerprint density at radius 3 is 0.900 bits per heavy atom. The van der Waals surface area contributed by atoms with E-state index in [-0.39, 0.29) is 14.9 Å². The quantitative estimate of drug-likeness (QED) is 0.263. The van der Waals surface area contributed by atoms with Gasteiger partial charge < -0.3 is 0 Å². The lowest BCUT2D eigenvalue weighted by molar-refractivity contribution is 1.47. The number of hydrogen-bond acceptors (Lipinski definition) is 0. The van der Waals surface area contributed by atoms with Crippen molar-refractivity contribution in [2.24, 2.45) is 0 Å². The van der Waals surface area contributed by atoms with Crippen LogP contribution in [0.3, 0.4) is 0 Å². The highest BCUT2D eigenvalue weighted by molar-refractivity contribution is 6.21. The second-order valence-electron chi connectivity index (χ2n) is 7.57. The SMILES string of the molecule is C.C.Cc1ccc(-c2c3ccccc3c(-c3ccc(C)cc3)c3ccccc23)cc1. The molecule has 0 nitrogen and oxygen atoms in total. The molecule has 0 aliphatic heterocycles. The van der Waals surface area contributed by atoms with Gasteiger partial charge in [0.25, 0.3) is 0 Å². The molecule has 0 heteroatoms. The zero-order valence-electron chi connectivity index (χ0n) is 16.2. The van der Waals surface area contributed by atoms with Gasteiger partial charge in [-0.15, -0.1) is 0 Å². The van der Waals surface area contributed by atoms with Crippen LogP contribution in [0.4, 0.5) is 0 Å². The molecule has 0 heterocycles. The first-order valence-electron chi connectivity index (χ1n) is 9.80. The lowest BCUT2D eigenvalue weighted by Crippen LogP contribution is -1.90. The highest BCUT2D eigenvalue weighted by Gasteiger charge is 2.15. The van der Waals surface area contributed by atoms with Gasteiger partial charge in [0.2, 0.25) is 0 Å². The summed E-state index contributed by atoms with van der Waals surface area (Å²) in [6.45, 7) is 4.28. The summed E-state index contributed by atoms with van der Waals surface area (Å²) in [7, 11) is 0. The van der Waals surface area contributed by atoms with Crippen molar-refractivity contribution < 1.29 is 0 Å². The molecule has 0 bridgehead atoms. The molecule has 5 aromatic carbocycles. The standard InChI is InChI=1S/C28H22.2CH4/c1-19-11-15-21(16-12-19)27-23-7-3-5-9-25(23)28(22-17-13-20(2)14-18-22)26-10-6-4-8-24(26)27;;/h3-18H,1-2H3;2*1H4. The molecule has 0 radical (unpaired) electrons. The van der Waals surface area contributed by atoms with Gasteiger partial charge in [-0.2, -0.15) is 0 Å². The van der Waals surface area contributed by atoms with Crippen LogP contribution in [0.5, 0.6) is 0 Å². The molecule has 0 atom stereocenters. The minimum atomic E-state index is 0. The molecule has 0 spiro atoms.